The number of piperazine rings is 1. The van der Waals surface area contributed by atoms with Gasteiger partial charge in [0.1, 0.15) is 0 Å². The monoisotopic (exact) mass is 357 g/mol. The summed E-state index contributed by atoms with van der Waals surface area (Å²) in [6, 6.07) is 10.2. The van der Waals surface area contributed by atoms with Crippen LogP contribution in [0.4, 0.5) is 0 Å². The molecule has 26 heavy (non-hydrogen) atoms. The lowest BCUT2D eigenvalue weighted by atomic mass is 9.94. The van der Waals surface area contributed by atoms with Crippen LogP contribution in [-0.4, -0.2) is 85.2 Å². The van der Waals surface area contributed by atoms with Crippen molar-refractivity contribution in [2.24, 2.45) is 11.8 Å². The first-order chi connectivity index (χ1) is 12.6. The fourth-order valence-corrected chi connectivity index (χ4v) is 4.69. The highest BCUT2D eigenvalue weighted by atomic mass is 16.3. The molecular weight excluding hydrogens is 326 g/mol. The Morgan fingerprint density at radius 3 is 2.35 bits per heavy atom. The quantitative estimate of drug-likeness (QED) is 0.855. The second kappa shape index (κ2) is 7.29. The zero-order valence-electron chi connectivity index (χ0n) is 15.8. The summed E-state index contributed by atoms with van der Waals surface area (Å²) in [6.07, 6.45) is 1.92. The molecule has 5 heteroatoms. The molecule has 0 unspecified atom stereocenters. The molecule has 0 bridgehead atoms. The number of rotatable bonds is 5. The van der Waals surface area contributed by atoms with Gasteiger partial charge in [-0.2, -0.15) is 0 Å². The van der Waals surface area contributed by atoms with Gasteiger partial charge in [-0.3, -0.25) is 4.79 Å². The Bertz CT molecular complexity index is 623. The molecule has 2 saturated heterocycles. The van der Waals surface area contributed by atoms with Gasteiger partial charge >= 0.3 is 0 Å². The molecule has 5 nitrogen and oxygen atoms in total. The number of aliphatic hydroxyl groups is 1. The van der Waals surface area contributed by atoms with Crippen LogP contribution in [0.25, 0.3) is 0 Å². The Kier molecular flexibility index (Phi) is 5.04. The van der Waals surface area contributed by atoms with Gasteiger partial charge in [-0.1, -0.05) is 30.3 Å². The molecule has 1 aliphatic carbocycles. The van der Waals surface area contributed by atoms with Crippen molar-refractivity contribution in [3.8, 4) is 0 Å². The van der Waals surface area contributed by atoms with Crippen LogP contribution in [0.15, 0.2) is 30.3 Å². The first-order valence-electron chi connectivity index (χ1n) is 9.99. The van der Waals surface area contributed by atoms with Gasteiger partial charge in [-0.05, 0) is 31.4 Å². The molecule has 3 fully saturated rings. The Morgan fingerprint density at radius 2 is 1.73 bits per heavy atom. The van der Waals surface area contributed by atoms with Crippen molar-refractivity contribution in [1.29, 1.82) is 0 Å². The molecule has 1 N–H and O–H groups in total. The first kappa shape index (κ1) is 18.0. The maximum atomic E-state index is 13.3. The van der Waals surface area contributed by atoms with E-state index in [9.17, 15) is 9.90 Å². The number of nitrogens with zero attached hydrogens (tertiary/aromatic N) is 3. The van der Waals surface area contributed by atoms with Crippen LogP contribution < -0.4 is 0 Å². The minimum atomic E-state index is -0.288. The minimum absolute atomic E-state index is 0.181. The van der Waals surface area contributed by atoms with E-state index in [0.717, 1.165) is 57.7 Å². The molecule has 2 aliphatic heterocycles. The van der Waals surface area contributed by atoms with E-state index in [1.54, 1.807) is 0 Å². The lowest BCUT2D eigenvalue weighted by molar-refractivity contribution is -0.133. The van der Waals surface area contributed by atoms with E-state index in [4.69, 9.17) is 0 Å². The second-order valence-corrected chi connectivity index (χ2v) is 8.46. The van der Waals surface area contributed by atoms with Crippen LogP contribution >= 0.6 is 0 Å². The predicted octanol–water partition coefficient (Wildman–Crippen LogP) is 1.03. The van der Waals surface area contributed by atoms with Crippen molar-refractivity contribution >= 4 is 5.91 Å². The maximum absolute atomic E-state index is 13.3. The van der Waals surface area contributed by atoms with Crippen molar-refractivity contribution in [2.45, 2.75) is 18.3 Å². The average molecular weight is 357 g/mol. The van der Waals surface area contributed by atoms with Gasteiger partial charge in [0.25, 0.3) is 0 Å². The highest BCUT2D eigenvalue weighted by Crippen LogP contribution is 2.50. The van der Waals surface area contributed by atoms with Gasteiger partial charge in [0.05, 0.1) is 5.41 Å². The third-order valence-corrected chi connectivity index (χ3v) is 6.67. The molecule has 2 heterocycles. The average Bonchev–Trinajstić information content (AvgIpc) is 3.39. The Hall–Kier alpha value is -1.43. The Labute approximate surface area is 156 Å². The minimum Gasteiger partial charge on any atom is -0.396 e. The van der Waals surface area contributed by atoms with E-state index in [-0.39, 0.29) is 23.8 Å². The van der Waals surface area contributed by atoms with Crippen LogP contribution in [0.3, 0.4) is 0 Å². The number of hydrogen-bond donors (Lipinski definition) is 1. The van der Waals surface area contributed by atoms with Crippen molar-refractivity contribution in [1.82, 2.24) is 14.7 Å². The molecule has 3 aliphatic rings. The molecule has 1 amide bonds. The smallest absolute Gasteiger partial charge is 0.233 e. The zero-order chi connectivity index (χ0) is 18.1. The third kappa shape index (κ3) is 3.40. The molecule has 142 valence electrons. The van der Waals surface area contributed by atoms with Crippen molar-refractivity contribution in [3.63, 3.8) is 0 Å². The number of likely N-dealkylation sites (N-methyl/N-ethyl adjacent to an activating group) is 1. The molecule has 1 aromatic carbocycles. The highest BCUT2D eigenvalue weighted by molar-refractivity contribution is 5.91. The van der Waals surface area contributed by atoms with Gasteiger partial charge in [0, 0.05) is 58.3 Å². The lowest BCUT2D eigenvalue weighted by Gasteiger charge is -2.34. The molecule has 4 rings (SSSR count). The molecule has 0 spiro atoms. The largest absolute Gasteiger partial charge is 0.396 e. The maximum Gasteiger partial charge on any atom is 0.233 e. The van der Waals surface area contributed by atoms with Gasteiger partial charge in [-0.25, -0.2) is 0 Å². The number of hydrogen-bond acceptors (Lipinski definition) is 4. The Morgan fingerprint density at radius 1 is 1.08 bits per heavy atom. The summed E-state index contributed by atoms with van der Waals surface area (Å²) >= 11 is 0. The molecular formula is C21H31N3O2. The number of carbonyl (C=O) groups excluding carboxylic acids is 1. The highest BCUT2D eigenvalue weighted by Gasteiger charge is 2.54. The van der Waals surface area contributed by atoms with Gasteiger partial charge in [0.2, 0.25) is 5.91 Å². The SMILES string of the molecule is CN1CCN(C[C@@H]2CN(C(=O)C3(c4ccccc4)CC3)C[C@@H]2CO)CC1. The second-order valence-electron chi connectivity index (χ2n) is 8.46. The lowest BCUT2D eigenvalue weighted by Crippen LogP contribution is -2.47. The fraction of sp³-hybridized carbons (Fsp3) is 0.667. The van der Waals surface area contributed by atoms with Crippen molar-refractivity contribution in [3.05, 3.63) is 35.9 Å². The first-order valence-corrected chi connectivity index (χ1v) is 9.99. The van der Waals surface area contributed by atoms with E-state index in [0.29, 0.717) is 12.5 Å². The van der Waals surface area contributed by atoms with Crippen LogP contribution in [0.1, 0.15) is 18.4 Å². The number of carbonyl (C=O) groups is 1. The van der Waals surface area contributed by atoms with Crippen LogP contribution in [0.5, 0.6) is 0 Å². The molecule has 1 aromatic rings. The number of amides is 1. The summed E-state index contributed by atoms with van der Waals surface area (Å²) in [7, 11) is 2.17. The third-order valence-electron chi connectivity index (χ3n) is 6.67. The molecule has 0 radical (unpaired) electrons. The van der Waals surface area contributed by atoms with Gasteiger partial charge < -0.3 is 19.8 Å². The topological polar surface area (TPSA) is 47.0 Å². The zero-order valence-corrected chi connectivity index (χ0v) is 15.8. The van der Waals surface area contributed by atoms with Gasteiger partial charge in [0.15, 0.2) is 0 Å². The van der Waals surface area contributed by atoms with E-state index in [1.807, 2.05) is 23.1 Å². The van der Waals surface area contributed by atoms with Gasteiger partial charge in [-0.15, -0.1) is 0 Å². The normalized spacial score (nSPS) is 29.1. The summed E-state index contributed by atoms with van der Waals surface area (Å²) in [5.41, 5.74) is 0.873. The van der Waals surface area contributed by atoms with Crippen LogP contribution in [-0.2, 0) is 10.2 Å². The number of aliphatic hydroxyl groups excluding tert-OH is 1. The van der Waals surface area contributed by atoms with E-state index < -0.39 is 0 Å². The van der Waals surface area contributed by atoms with Crippen LogP contribution in [0, 0.1) is 11.8 Å². The van der Waals surface area contributed by atoms with E-state index in [2.05, 4.69) is 29.0 Å². The van der Waals surface area contributed by atoms with E-state index in [1.165, 1.54) is 0 Å². The fourth-order valence-electron chi connectivity index (χ4n) is 4.69. The summed E-state index contributed by atoms with van der Waals surface area (Å²) in [6.45, 7) is 7.08. The summed E-state index contributed by atoms with van der Waals surface area (Å²) in [4.78, 5) is 20.2. The Balaban J connectivity index is 1.41. The summed E-state index contributed by atoms with van der Waals surface area (Å²) < 4.78 is 0. The molecule has 1 saturated carbocycles. The van der Waals surface area contributed by atoms with Crippen molar-refractivity contribution in [2.75, 3.05) is 59.5 Å². The number of benzene rings is 1. The molecule has 2 atom stereocenters. The standard InChI is InChI=1S/C21H31N3O2/c1-22-9-11-23(12-10-22)13-17-14-24(15-18(17)16-25)20(26)21(7-8-21)19-5-3-2-4-6-19/h2-6,17-18,25H,7-16H2,1H3/t17-,18-/m1/s1. The summed E-state index contributed by atoms with van der Waals surface area (Å²) in [5.74, 6) is 0.882. The molecule has 0 aromatic heterocycles. The summed E-state index contributed by atoms with van der Waals surface area (Å²) in [5, 5.41) is 9.88. The van der Waals surface area contributed by atoms with E-state index >= 15 is 0 Å². The van der Waals surface area contributed by atoms with Crippen LogP contribution in [0.2, 0.25) is 0 Å². The predicted molar refractivity (Wildman–Crippen MR) is 102 cm³/mol. The van der Waals surface area contributed by atoms with Crippen molar-refractivity contribution < 1.29 is 9.90 Å². The number of likely N-dealkylation sites (tertiary alicyclic amines) is 1.